The molecule has 1 amide bonds. The summed E-state index contributed by atoms with van der Waals surface area (Å²) < 4.78 is 10.9. The van der Waals surface area contributed by atoms with Crippen LogP contribution < -0.4 is 37.1 Å². The van der Waals surface area contributed by atoms with Gasteiger partial charge in [0.2, 0.25) is 0 Å². The van der Waals surface area contributed by atoms with E-state index in [1.54, 1.807) is 25.4 Å². The quantitative estimate of drug-likeness (QED) is 0.0748. The van der Waals surface area contributed by atoms with E-state index in [4.69, 9.17) is 22.0 Å². The van der Waals surface area contributed by atoms with Gasteiger partial charge < -0.3 is 26.2 Å². The number of amides is 1. The molecular weight excluding hydrogens is 560 g/mol. The van der Waals surface area contributed by atoms with E-state index in [2.05, 4.69) is 35.9 Å². The van der Waals surface area contributed by atoms with Gasteiger partial charge in [-0.05, 0) is 66.4 Å². The molecule has 0 aliphatic rings. The molecule has 11 heteroatoms. The SMILES string of the molecule is COc1c(NSC)cc(C(C)(C)C)cc1NC(=O)c1ccc(C)c(N(N)/C=C(\N)c2[nH]n(-c3ccccc3)c2CCN)c1. The summed E-state index contributed by atoms with van der Waals surface area (Å²) >= 11 is 1.45. The number of hydrogen-bond donors (Lipinski definition) is 6. The van der Waals surface area contributed by atoms with Crippen molar-refractivity contribution in [3.8, 4) is 11.4 Å². The van der Waals surface area contributed by atoms with Crippen LogP contribution in [0.2, 0.25) is 0 Å². The maximum Gasteiger partial charge on any atom is 0.255 e. The number of aromatic amines is 1. The van der Waals surface area contributed by atoms with Gasteiger partial charge in [0, 0.05) is 24.4 Å². The van der Waals surface area contributed by atoms with Crippen LogP contribution in [0.3, 0.4) is 0 Å². The summed E-state index contributed by atoms with van der Waals surface area (Å²) in [5, 5.41) is 7.78. The summed E-state index contributed by atoms with van der Waals surface area (Å²) in [6.07, 6.45) is 4.21. The number of hydrazine groups is 1. The predicted octanol–water partition coefficient (Wildman–Crippen LogP) is 5.50. The van der Waals surface area contributed by atoms with Gasteiger partial charge in [-0.2, -0.15) is 0 Å². The third-order valence-electron chi connectivity index (χ3n) is 7.11. The Morgan fingerprint density at radius 1 is 1.12 bits per heavy atom. The Kier molecular flexibility index (Phi) is 9.80. The smallest absolute Gasteiger partial charge is 0.255 e. The monoisotopic (exact) mass is 602 g/mol. The number of aryl methyl sites for hydroxylation is 1. The van der Waals surface area contributed by atoms with Gasteiger partial charge in [-0.3, -0.25) is 19.6 Å². The average Bonchev–Trinajstić information content (AvgIpc) is 2.95. The first-order valence-electron chi connectivity index (χ1n) is 14.0. The molecule has 3 aromatic carbocycles. The molecular formula is C32H42N8O2S. The summed E-state index contributed by atoms with van der Waals surface area (Å²) in [7, 11) is 1.59. The molecule has 228 valence electrons. The van der Waals surface area contributed by atoms with Crippen LogP contribution >= 0.6 is 11.9 Å². The van der Waals surface area contributed by atoms with Crippen LogP contribution in [0.15, 0.2) is 66.9 Å². The summed E-state index contributed by atoms with van der Waals surface area (Å²) in [5.74, 6) is 6.75. The van der Waals surface area contributed by atoms with E-state index in [1.807, 2.05) is 66.4 Å². The van der Waals surface area contributed by atoms with Gasteiger partial charge in [-0.15, -0.1) is 0 Å². The first-order valence-corrected chi connectivity index (χ1v) is 15.2. The minimum absolute atomic E-state index is 0.142. The highest BCUT2D eigenvalue weighted by Gasteiger charge is 2.22. The number of benzene rings is 3. The lowest BCUT2D eigenvalue weighted by molar-refractivity contribution is 0.102. The zero-order chi connectivity index (χ0) is 31.3. The van der Waals surface area contributed by atoms with Crippen molar-refractivity contribution in [2.75, 3.05) is 35.0 Å². The van der Waals surface area contributed by atoms with Crippen LogP contribution in [0.4, 0.5) is 17.1 Å². The molecule has 0 saturated heterocycles. The molecule has 9 N–H and O–H groups in total. The lowest BCUT2D eigenvalue weighted by Crippen LogP contribution is -2.29. The third-order valence-corrected chi connectivity index (χ3v) is 7.54. The van der Waals surface area contributed by atoms with E-state index in [9.17, 15) is 4.79 Å². The van der Waals surface area contributed by atoms with Crippen molar-refractivity contribution in [2.45, 2.75) is 39.5 Å². The molecule has 4 rings (SSSR count). The number of aromatic nitrogens is 2. The van der Waals surface area contributed by atoms with E-state index in [0.717, 1.165) is 33.9 Å². The highest BCUT2D eigenvalue weighted by atomic mass is 32.2. The third kappa shape index (κ3) is 7.02. The van der Waals surface area contributed by atoms with Crippen molar-refractivity contribution >= 4 is 40.6 Å². The van der Waals surface area contributed by atoms with E-state index < -0.39 is 0 Å². The molecule has 0 saturated carbocycles. The second-order valence-corrected chi connectivity index (χ2v) is 11.9. The number of nitrogens with one attached hydrogen (secondary N) is 3. The molecule has 0 fully saturated rings. The van der Waals surface area contributed by atoms with Gasteiger partial charge in [-0.1, -0.05) is 57.0 Å². The van der Waals surface area contributed by atoms with Gasteiger partial charge in [-0.25, -0.2) is 5.84 Å². The number of nitrogens with two attached hydrogens (primary N) is 3. The van der Waals surface area contributed by atoms with E-state index >= 15 is 0 Å². The van der Waals surface area contributed by atoms with Crippen LogP contribution in [0.1, 0.15) is 53.6 Å². The number of H-pyrrole nitrogens is 1. The molecule has 10 nitrogen and oxygen atoms in total. The summed E-state index contributed by atoms with van der Waals surface area (Å²) in [6.45, 7) is 8.76. The normalized spacial score (nSPS) is 11.9. The van der Waals surface area contributed by atoms with Crippen LogP contribution in [-0.2, 0) is 11.8 Å². The summed E-state index contributed by atoms with van der Waals surface area (Å²) in [4.78, 5) is 13.5. The van der Waals surface area contributed by atoms with Crippen LogP contribution in [0, 0.1) is 6.92 Å². The Labute approximate surface area is 257 Å². The maximum atomic E-state index is 13.5. The first kappa shape index (κ1) is 31.6. The molecule has 0 aliphatic heterocycles. The van der Waals surface area contributed by atoms with Crippen molar-refractivity contribution < 1.29 is 9.53 Å². The van der Waals surface area contributed by atoms with Crippen molar-refractivity contribution in [1.82, 2.24) is 9.78 Å². The zero-order valence-electron chi connectivity index (χ0n) is 25.6. The fourth-order valence-corrected chi connectivity index (χ4v) is 5.14. The largest absolute Gasteiger partial charge is 0.492 e. The topological polar surface area (TPSA) is 152 Å². The Bertz CT molecular complexity index is 1600. The number of para-hydroxylation sites is 1. The fraction of sp³-hybridized carbons (Fsp3) is 0.281. The van der Waals surface area contributed by atoms with Crippen LogP contribution in [-0.4, -0.2) is 35.6 Å². The average molecular weight is 603 g/mol. The van der Waals surface area contributed by atoms with Crippen LogP contribution in [0.25, 0.3) is 11.4 Å². The van der Waals surface area contributed by atoms with Gasteiger partial charge in [0.15, 0.2) is 5.75 Å². The highest BCUT2D eigenvalue weighted by molar-refractivity contribution is 7.99. The van der Waals surface area contributed by atoms with Gasteiger partial charge in [0.1, 0.15) is 5.69 Å². The van der Waals surface area contributed by atoms with E-state index in [1.165, 1.54) is 17.0 Å². The lowest BCUT2D eigenvalue weighted by Gasteiger charge is -2.25. The minimum atomic E-state index is -0.293. The number of nitrogens with zero attached hydrogens (tertiary/aromatic N) is 2. The van der Waals surface area contributed by atoms with Gasteiger partial charge in [0.05, 0.1) is 41.3 Å². The Hall–Kier alpha value is -4.32. The summed E-state index contributed by atoms with van der Waals surface area (Å²) in [5.41, 5.74) is 19.8. The number of methoxy groups -OCH3 is 1. The Balaban J connectivity index is 1.62. The number of hydrogen-bond acceptors (Lipinski definition) is 8. The van der Waals surface area contributed by atoms with Crippen LogP contribution in [0.5, 0.6) is 5.75 Å². The minimum Gasteiger partial charge on any atom is -0.492 e. The molecule has 0 bridgehead atoms. The highest BCUT2D eigenvalue weighted by Crippen LogP contribution is 2.40. The first-order chi connectivity index (χ1) is 20.5. The Morgan fingerprint density at radius 3 is 2.44 bits per heavy atom. The molecule has 4 aromatic rings. The number of rotatable bonds is 11. The van der Waals surface area contributed by atoms with Crippen molar-refractivity contribution in [2.24, 2.45) is 17.3 Å². The van der Waals surface area contributed by atoms with E-state index in [0.29, 0.717) is 41.4 Å². The molecule has 43 heavy (non-hydrogen) atoms. The van der Waals surface area contributed by atoms with Crippen molar-refractivity contribution in [3.05, 3.63) is 94.9 Å². The second-order valence-electron chi connectivity index (χ2n) is 11.3. The van der Waals surface area contributed by atoms with Crippen molar-refractivity contribution in [1.29, 1.82) is 0 Å². The molecule has 0 spiro atoms. The second kappa shape index (κ2) is 13.3. The number of carbonyl (C=O) groups excluding carboxylic acids is 1. The predicted molar refractivity (Wildman–Crippen MR) is 180 cm³/mol. The molecule has 0 atom stereocenters. The standard InChI is InChI=1S/C32H42N8O2S/c1-20-12-13-21(31(41)36-25-17-22(32(2,3)4)18-26(38-43-6)30(25)42-5)16-28(20)39(35)19-24(34)29-27(14-15-33)40(37-29)23-10-8-7-9-11-23/h7-13,16-19,37-38H,14-15,33-35H2,1-6H3,(H,36,41)/b24-19-. The fourth-order valence-electron chi connectivity index (χ4n) is 4.77. The summed E-state index contributed by atoms with van der Waals surface area (Å²) in [6, 6.07) is 19.3. The number of ether oxygens (including phenoxy) is 1. The molecule has 0 unspecified atom stereocenters. The molecule has 0 radical (unpaired) electrons. The molecule has 1 aromatic heterocycles. The maximum absolute atomic E-state index is 13.5. The van der Waals surface area contributed by atoms with Gasteiger partial charge in [0.25, 0.3) is 5.91 Å². The molecule has 0 aliphatic carbocycles. The van der Waals surface area contributed by atoms with E-state index in [-0.39, 0.29) is 11.3 Å². The molecule has 1 heterocycles. The zero-order valence-corrected chi connectivity index (χ0v) is 26.4. The van der Waals surface area contributed by atoms with Crippen molar-refractivity contribution in [3.63, 3.8) is 0 Å². The Morgan fingerprint density at radius 2 is 1.81 bits per heavy atom. The lowest BCUT2D eigenvalue weighted by atomic mass is 9.86. The van der Waals surface area contributed by atoms with Gasteiger partial charge >= 0.3 is 0 Å². The number of carbonyl (C=O) groups is 1. The number of anilines is 3.